The molecule has 1 unspecified atom stereocenters. The molecule has 1 heterocycles. The number of carbonyl (C=O) groups is 2. The normalized spacial score (nSPS) is 15.5. The number of hydrogen-bond acceptors (Lipinski definition) is 5. The quantitative estimate of drug-likeness (QED) is 0.448. The first-order valence-corrected chi connectivity index (χ1v) is 11.4. The highest BCUT2D eigenvalue weighted by molar-refractivity contribution is 6.35. The number of methoxy groups -OCH3 is 1. The molecule has 0 aliphatic carbocycles. The number of amides is 2. The maximum absolute atomic E-state index is 12.6. The fourth-order valence-corrected chi connectivity index (χ4v) is 4.02. The third kappa shape index (κ3) is 5.92. The molecule has 2 aromatic carbocycles. The van der Waals surface area contributed by atoms with E-state index in [1.165, 1.54) is 7.11 Å². The van der Waals surface area contributed by atoms with Crippen LogP contribution in [0.4, 0.5) is 4.79 Å². The van der Waals surface area contributed by atoms with E-state index in [-0.39, 0.29) is 12.6 Å². The third-order valence-electron chi connectivity index (χ3n) is 5.06. The molecule has 0 bridgehead atoms. The van der Waals surface area contributed by atoms with Crippen molar-refractivity contribution in [2.75, 3.05) is 13.7 Å². The average molecular weight is 493 g/mol. The molecule has 33 heavy (non-hydrogen) atoms. The van der Waals surface area contributed by atoms with E-state index in [1.807, 2.05) is 13.8 Å². The second-order valence-electron chi connectivity index (χ2n) is 7.33. The van der Waals surface area contributed by atoms with Crippen molar-refractivity contribution in [2.24, 2.45) is 0 Å². The molecule has 0 saturated heterocycles. The monoisotopic (exact) mass is 492 g/mol. The van der Waals surface area contributed by atoms with Crippen LogP contribution < -0.4 is 20.1 Å². The Labute approximate surface area is 203 Å². The van der Waals surface area contributed by atoms with Crippen LogP contribution in [0.5, 0.6) is 11.5 Å². The van der Waals surface area contributed by atoms with Crippen molar-refractivity contribution in [3.8, 4) is 11.5 Å². The minimum Gasteiger partial charge on any atom is -0.490 e. The Morgan fingerprint density at radius 3 is 2.52 bits per heavy atom. The standard InChI is InChI=1S/C24H26Cl2N2O5/c1-4-6-18-21(23(29)31-3)22(28-24(30)27-18)14-8-10-19(20(11-14)32-5-2)33-13-15-7-9-16(25)12-17(15)26/h7-12,22H,4-6,13H2,1-3H3,(H2,27,28,30). The zero-order valence-corrected chi connectivity index (χ0v) is 20.2. The lowest BCUT2D eigenvalue weighted by Gasteiger charge is -2.29. The number of allylic oxidation sites excluding steroid dienone is 1. The minimum absolute atomic E-state index is 0.216. The Morgan fingerprint density at radius 2 is 1.85 bits per heavy atom. The molecule has 1 aliphatic rings. The second kappa shape index (κ2) is 11.3. The minimum atomic E-state index is -0.688. The predicted molar refractivity (Wildman–Crippen MR) is 127 cm³/mol. The van der Waals surface area contributed by atoms with Gasteiger partial charge in [0.25, 0.3) is 0 Å². The molecule has 0 saturated carbocycles. The highest BCUT2D eigenvalue weighted by Crippen LogP contribution is 2.36. The van der Waals surface area contributed by atoms with E-state index >= 15 is 0 Å². The average Bonchev–Trinajstić information content (AvgIpc) is 2.78. The first-order valence-electron chi connectivity index (χ1n) is 10.6. The summed E-state index contributed by atoms with van der Waals surface area (Å²) in [6.45, 7) is 4.45. The summed E-state index contributed by atoms with van der Waals surface area (Å²) in [6.07, 6.45) is 1.29. The Balaban J connectivity index is 1.94. The van der Waals surface area contributed by atoms with Gasteiger partial charge in [0.05, 0.1) is 25.3 Å². The van der Waals surface area contributed by atoms with Crippen molar-refractivity contribution in [2.45, 2.75) is 39.3 Å². The van der Waals surface area contributed by atoms with Crippen LogP contribution in [0.15, 0.2) is 47.7 Å². The van der Waals surface area contributed by atoms with Crippen molar-refractivity contribution in [3.63, 3.8) is 0 Å². The Morgan fingerprint density at radius 1 is 1.06 bits per heavy atom. The molecule has 7 nitrogen and oxygen atoms in total. The summed E-state index contributed by atoms with van der Waals surface area (Å²) in [7, 11) is 1.32. The van der Waals surface area contributed by atoms with E-state index in [2.05, 4.69) is 10.6 Å². The first-order chi connectivity index (χ1) is 15.9. The van der Waals surface area contributed by atoms with Crippen molar-refractivity contribution < 1.29 is 23.8 Å². The Bertz CT molecular complexity index is 1070. The molecule has 1 atom stereocenters. The summed E-state index contributed by atoms with van der Waals surface area (Å²) in [4.78, 5) is 24.9. The van der Waals surface area contributed by atoms with Crippen LogP contribution in [-0.2, 0) is 16.1 Å². The van der Waals surface area contributed by atoms with Gasteiger partial charge >= 0.3 is 12.0 Å². The van der Waals surface area contributed by atoms with Gasteiger partial charge < -0.3 is 24.8 Å². The van der Waals surface area contributed by atoms with Gasteiger partial charge in [0.15, 0.2) is 11.5 Å². The Hall–Kier alpha value is -2.90. The number of halogens is 2. The number of hydrogen-bond donors (Lipinski definition) is 2. The molecule has 2 aromatic rings. The van der Waals surface area contributed by atoms with Crippen LogP contribution in [-0.4, -0.2) is 25.7 Å². The maximum atomic E-state index is 12.6. The van der Waals surface area contributed by atoms with Crippen molar-refractivity contribution in [1.82, 2.24) is 10.6 Å². The lowest BCUT2D eigenvalue weighted by atomic mass is 9.93. The molecular weight excluding hydrogens is 467 g/mol. The van der Waals surface area contributed by atoms with E-state index < -0.39 is 12.0 Å². The van der Waals surface area contributed by atoms with Crippen LogP contribution >= 0.6 is 23.2 Å². The highest BCUT2D eigenvalue weighted by atomic mass is 35.5. The van der Waals surface area contributed by atoms with Crippen LogP contribution in [0.25, 0.3) is 0 Å². The first kappa shape index (κ1) is 24.7. The van der Waals surface area contributed by atoms with Crippen molar-refractivity contribution in [1.29, 1.82) is 0 Å². The topological polar surface area (TPSA) is 85.9 Å². The maximum Gasteiger partial charge on any atom is 0.337 e. The lowest BCUT2D eigenvalue weighted by Crippen LogP contribution is -2.45. The largest absolute Gasteiger partial charge is 0.490 e. The van der Waals surface area contributed by atoms with Gasteiger partial charge in [-0.25, -0.2) is 9.59 Å². The molecule has 3 rings (SSSR count). The smallest absolute Gasteiger partial charge is 0.337 e. The number of ether oxygens (including phenoxy) is 3. The van der Waals surface area contributed by atoms with Gasteiger partial charge in [-0.15, -0.1) is 0 Å². The number of nitrogens with one attached hydrogen (secondary N) is 2. The lowest BCUT2D eigenvalue weighted by molar-refractivity contribution is -0.136. The summed E-state index contributed by atoms with van der Waals surface area (Å²) in [6, 6.07) is 9.41. The van der Waals surface area contributed by atoms with Crippen LogP contribution in [0.2, 0.25) is 10.0 Å². The van der Waals surface area contributed by atoms with Gasteiger partial charge in [-0.1, -0.05) is 48.7 Å². The highest BCUT2D eigenvalue weighted by Gasteiger charge is 2.33. The fraction of sp³-hybridized carbons (Fsp3) is 0.333. The van der Waals surface area contributed by atoms with Gasteiger partial charge in [0, 0.05) is 21.3 Å². The van der Waals surface area contributed by atoms with Crippen LogP contribution in [0.3, 0.4) is 0 Å². The second-order valence-corrected chi connectivity index (χ2v) is 8.17. The van der Waals surface area contributed by atoms with E-state index in [4.69, 9.17) is 37.4 Å². The summed E-state index contributed by atoms with van der Waals surface area (Å²) < 4.78 is 16.7. The van der Waals surface area contributed by atoms with Crippen LogP contribution in [0.1, 0.15) is 43.9 Å². The van der Waals surface area contributed by atoms with Gasteiger partial charge in [-0.2, -0.15) is 0 Å². The zero-order chi connectivity index (χ0) is 24.0. The molecule has 2 amide bonds. The van der Waals surface area contributed by atoms with Crippen molar-refractivity contribution in [3.05, 3.63) is 68.8 Å². The number of esters is 1. The molecule has 0 radical (unpaired) electrons. The molecule has 0 fully saturated rings. The van der Waals surface area contributed by atoms with E-state index in [9.17, 15) is 9.59 Å². The van der Waals surface area contributed by atoms with E-state index in [1.54, 1.807) is 36.4 Å². The van der Waals surface area contributed by atoms with Gasteiger partial charge in [-0.3, -0.25) is 0 Å². The number of urea groups is 1. The van der Waals surface area contributed by atoms with Gasteiger partial charge in [0.1, 0.15) is 6.61 Å². The summed E-state index contributed by atoms with van der Waals surface area (Å²) in [5.74, 6) is 0.477. The number of carbonyl (C=O) groups excluding carboxylic acids is 2. The van der Waals surface area contributed by atoms with Gasteiger partial charge in [-0.05, 0) is 43.2 Å². The predicted octanol–water partition coefficient (Wildman–Crippen LogP) is 5.55. The summed E-state index contributed by atoms with van der Waals surface area (Å²) in [5.41, 5.74) is 2.36. The van der Waals surface area contributed by atoms with E-state index in [0.29, 0.717) is 51.4 Å². The summed E-state index contributed by atoms with van der Waals surface area (Å²) in [5, 5.41) is 6.59. The molecule has 1 aliphatic heterocycles. The van der Waals surface area contributed by atoms with E-state index in [0.717, 1.165) is 12.0 Å². The molecule has 0 spiro atoms. The van der Waals surface area contributed by atoms with Crippen molar-refractivity contribution >= 4 is 35.2 Å². The molecule has 0 aromatic heterocycles. The van der Waals surface area contributed by atoms with Gasteiger partial charge in [0.2, 0.25) is 0 Å². The fourth-order valence-electron chi connectivity index (χ4n) is 3.55. The number of rotatable bonds is 9. The third-order valence-corrected chi connectivity index (χ3v) is 5.65. The molecule has 9 heteroatoms. The Kier molecular flexibility index (Phi) is 8.47. The SMILES string of the molecule is CCCC1=C(C(=O)OC)C(c2ccc(OCc3ccc(Cl)cc3Cl)c(OCC)c2)NC(=O)N1. The summed E-state index contributed by atoms with van der Waals surface area (Å²) >= 11 is 12.2. The van der Waals surface area contributed by atoms with Crippen LogP contribution in [0, 0.1) is 0 Å². The molecule has 2 N–H and O–H groups in total. The molecule has 176 valence electrons. The molecular formula is C24H26Cl2N2O5. The zero-order valence-electron chi connectivity index (χ0n) is 18.7. The number of benzene rings is 2.